The molecule has 0 saturated carbocycles. The van der Waals surface area contributed by atoms with Crippen molar-refractivity contribution < 1.29 is 5.11 Å². The van der Waals surface area contributed by atoms with E-state index in [1.165, 1.54) is 11.3 Å². The third-order valence-electron chi connectivity index (χ3n) is 3.88. The number of aliphatic hydroxyl groups excluding tert-OH is 1. The second kappa shape index (κ2) is 5.61. The summed E-state index contributed by atoms with van der Waals surface area (Å²) in [5, 5.41) is 14.4. The van der Waals surface area contributed by atoms with E-state index in [0.717, 1.165) is 18.8 Å². The van der Waals surface area contributed by atoms with Crippen LogP contribution in [0.5, 0.6) is 0 Å². The first-order chi connectivity index (χ1) is 8.88. The summed E-state index contributed by atoms with van der Waals surface area (Å²) in [5.41, 5.74) is 9.56. The second-order valence-corrected chi connectivity index (χ2v) is 6.03. The van der Waals surface area contributed by atoms with Gasteiger partial charge in [-0.05, 0) is 34.1 Å². The van der Waals surface area contributed by atoms with Crippen molar-refractivity contribution in [2.75, 3.05) is 13.1 Å². The number of hydrogen-bond acceptors (Lipinski definition) is 4. The Balaban J connectivity index is 2.15. The van der Waals surface area contributed by atoms with Gasteiger partial charge in [0.25, 0.3) is 0 Å². The zero-order valence-corrected chi connectivity index (χ0v) is 12.4. The Morgan fingerprint density at radius 3 is 2.58 bits per heavy atom. The van der Waals surface area contributed by atoms with E-state index < -0.39 is 0 Å². The molecule has 0 spiro atoms. The zero-order valence-electron chi connectivity index (χ0n) is 12.4. The lowest BCUT2D eigenvalue weighted by molar-refractivity contribution is 0.0562. The largest absolute Gasteiger partial charge is 0.392 e. The minimum atomic E-state index is -0.301. The molecule has 1 aliphatic rings. The molecule has 2 atom stereocenters. The normalized spacial score (nSPS) is 25.2. The summed E-state index contributed by atoms with van der Waals surface area (Å²) in [6, 6.07) is 0.450. The van der Waals surface area contributed by atoms with E-state index in [4.69, 9.17) is 5.73 Å². The zero-order chi connectivity index (χ0) is 14.2. The molecule has 0 aromatic carbocycles. The molecule has 3 N–H and O–H groups in total. The fourth-order valence-electron chi connectivity index (χ4n) is 2.98. The Morgan fingerprint density at radius 1 is 1.37 bits per heavy atom. The Labute approximate surface area is 115 Å². The Bertz CT molecular complexity index is 431. The van der Waals surface area contributed by atoms with E-state index >= 15 is 0 Å². The minimum absolute atomic E-state index is 0.0736. The predicted octanol–water partition coefficient (Wildman–Crippen LogP) is 0.975. The highest BCUT2D eigenvalue weighted by molar-refractivity contribution is 5.25. The molecule has 0 aliphatic carbocycles. The summed E-state index contributed by atoms with van der Waals surface area (Å²) in [4.78, 5) is 2.24. The number of hydrogen-bond donors (Lipinski definition) is 2. The summed E-state index contributed by atoms with van der Waals surface area (Å²) in [5.74, 6) is 0. The maximum absolute atomic E-state index is 9.82. The van der Waals surface area contributed by atoms with Crippen LogP contribution in [0.25, 0.3) is 0 Å². The third-order valence-corrected chi connectivity index (χ3v) is 3.88. The molecular formula is C14H26N4O. The molecule has 1 saturated heterocycles. The third kappa shape index (κ3) is 3.16. The summed E-state index contributed by atoms with van der Waals surface area (Å²) in [6.45, 7) is 10.8. The first-order valence-electron chi connectivity index (χ1n) is 7.09. The lowest BCUT2D eigenvalue weighted by Crippen LogP contribution is -2.48. The number of likely N-dealkylation sites (tertiary alicyclic amines) is 1. The molecule has 0 unspecified atom stereocenters. The molecule has 1 aliphatic heterocycles. The first kappa shape index (κ1) is 14.5. The Kier molecular flexibility index (Phi) is 4.28. The van der Waals surface area contributed by atoms with Crippen molar-refractivity contribution in [3.63, 3.8) is 0 Å². The van der Waals surface area contributed by atoms with Gasteiger partial charge in [0, 0.05) is 43.0 Å². The van der Waals surface area contributed by atoms with Crippen molar-refractivity contribution in [2.24, 2.45) is 5.73 Å². The number of β-amino-alcohol motifs (C(OH)–C–C–N with tert-alkyl or cyclic N) is 1. The highest BCUT2D eigenvalue weighted by Crippen LogP contribution is 2.21. The van der Waals surface area contributed by atoms with Crippen molar-refractivity contribution in [1.82, 2.24) is 14.7 Å². The molecule has 1 aromatic heterocycles. The van der Waals surface area contributed by atoms with Crippen LogP contribution in [0.2, 0.25) is 0 Å². The maximum atomic E-state index is 9.82. The average Bonchev–Trinajstić information content (AvgIpc) is 2.56. The summed E-state index contributed by atoms with van der Waals surface area (Å²) < 4.78 is 2.07. The predicted molar refractivity (Wildman–Crippen MR) is 76.0 cm³/mol. The monoisotopic (exact) mass is 266 g/mol. The van der Waals surface area contributed by atoms with Crippen LogP contribution in [0, 0.1) is 13.8 Å². The van der Waals surface area contributed by atoms with Crippen LogP contribution < -0.4 is 5.73 Å². The number of nitrogens with two attached hydrogens (primary N) is 1. The van der Waals surface area contributed by atoms with E-state index in [1.54, 1.807) is 0 Å². The second-order valence-electron chi connectivity index (χ2n) is 6.03. The maximum Gasteiger partial charge on any atom is 0.0682 e. The number of piperidine rings is 1. The Hall–Kier alpha value is -0.910. The van der Waals surface area contributed by atoms with Crippen LogP contribution in [0.15, 0.2) is 0 Å². The van der Waals surface area contributed by atoms with Gasteiger partial charge >= 0.3 is 0 Å². The van der Waals surface area contributed by atoms with Crippen LogP contribution in [-0.2, 0) is 6.54 Å². The Morgan fingerprint density at radius 2 is 2.05 bits per heavy atom. The lowest BCUT2D eigenvalue weighted by atomic mass is 10.0. The molecule has 0 amide bonds. The van der Waals surface area contributed by atoms with E-state index in [9.17, 15) is 5.11 Å². The summed E-state index contributed by atoms with van der Waals surface area (Å²) in [7, 11) is 0. The number of aryl methyl sites for hydroxylation is 1. The number of aliphatic hydroxyl groups is 1. The van der Waals surface area contributed by atoms with Gasteiger partial charge in [0.2, 0.25) is 0 Å². The van der Waals surface area contributed by atoms with E-state index in [1.807, 2.05) is 0 Å². The summed E-state index contributed by atoms with van der Waals surface area (Å²) >= 11 is 0. The van der Waals surface area contributed by atoms with Crippen molar-refractivity contribution >= 4 is 0 Å². The highest BCUT2D eigenvalue weighted by Gasteiger charge is 2.25. The van der Waals surface area contributed by atoms with Gasteiger partial charge in [-0.25, -0.2) is 0 Å². The summed E-state index contributed by atoms with van der Waals surface area (Å²) in [6.07, 6.45) is 0.407. The SMILES string of the molecule is Cc1nn(C(C)C)c(C)c1CN1C[C@@H](N)C[C@@H](O)C1. The molecule has 1 aromatic rings. The topological polar surface area (TPSA) is 67.3 Å². The number of aromatic nitrogens is 2. The van der Waals surface area contributed by atoms with Gasteiger partial charge in [0.05, 0.1) is 11.8 Å². The molecule has 108 valence electrons. The molecular weight excluding hydrogens is 240 g/mol. The van der Waals surface area contributed by atoms with E-state index in [2.05, 4.69) is 42.4 Å². The fraction of sp³-hybridized carbons (Fsp3) is 0.786. The smallest absolute Gasteiger partial charge is 0.0682 e. The standard InChI is InChI=1S/C14H26N4O/c1-9(2)18-11(4)14(10(3)16-18)8-17-6-12(15)5-13(19)7-17/h9,12-13,19H,5-8,15H2,1-4H3/t12-,13+/m0/s1. The number of rotatable bonds is 3. The fourth-order valence-corrected chi connectivity index (χ4v) is 2.98. The van der Waals surface area contributed by atoms with Gasteiger partial charge in [0.1, 0.15) is 0 Å². The van der Waals surface area contributed by atoms with Crippen LogP contribution in [0.3, 0.4) is 0 Å². The molecule has 1 fully saturated rings. The van der Waals surface area contributed by atoms with Crippen molar-refractivity contribution in [2.45, 2.75) is 58.8 Å². The molecule has 19 heavy (non-hydrogen) atoms. The average molecular weight is 266 g/mol. The van der Waals surface area contributed by atoms with Gasteiger partial charge in [0.15, 0.2) is 0 Å². The highest BCUT2D eigenvalue weighted by atomic mass is 16.3. The van der Waals surface area contributed by atoms with Crippen LogP contribution in [-0.4, -0.2) is 45.0 Å². The molecule has 0 radical (unpaired) electrons. The van der Waals surface area contributed by atoms with E-state index in [0.29, 0.717) is 19.0 Å². The van der Waals surface area contributed by atoms with Crippen molar-refractivity contribution in [1.29, 1.82) is 0 Å². The van der Waals surface area contributed by atoms with Crippen molar-refractivity contribution in [3.8, 4) is 0 Å². The van der Waals surface area contributed by atoms with Crippen LogP contribution in [0.4, 0.5) is 0 Å². The van der Waals surface area contributed by atoms with Gasteiger partial charge < -0.3 is 10.8 Å². The first-order valence-corrected chi connectivity index (χ1v) is 7.09. The van der Waals surface area contributed by atoms with Crippen LogP contribution >= 0.6 is 0 Å². The number of nitrogens with zero attached hydrogens (tertiary/aromatic N) is 3. The molecule has 5 heteroatoms. The quantitative estimate of drug-likeness (QED) is 0.855. The molecule has 0 bridgehead atoms. The molecule has 5 nitrogen and oxygen atoms in total. The minimum Gasteiger partial charge on any atom is -0.392 e. The lowest BCUT2D eigenvalue weighted by Gasteiger charge is -2.34. The molecule has 2 heterocycles. The van der Waals surface area contributed by atoms with Gasteiger partial charge in [-0.2, -0.15) is 5.10 Å². The molecule has 2 rings (SSSR count). The van der Waals surface area contributed by atoms with Gasteiger partial charge in [-0.15, -0.1) is 0 Å². The van der Waals surface area contributed by atoms with Gasteiger partial charge in [-0.1, -0.05) is 0 Å². The van der Waals surface area contributed by atoms with Crippen molar-refractivity contribution in [3.05, 3.63) is 17.0 Å². The van der Waals surface area contributed by atoms with Gasteiger partial charge in [-0.3, -0.25) is 9.58 Å². The van der Waals surface area contributed by atoms with Crippen LogP contribution in [0.1, 0.15) is 43.3 Å². The van der Waals surface area contributed by atoms with E-state index in [-0.39, 0.29) is 12.1 Å².